The zero-order valence-corrected chi connectivity index (χ0v) is 8.93. The molecule has 0 radical (unpaired) electrons. The van der Waals surface area contributed by atoms with E-state index in [1.807, 2.05) is 0 Å². The zero-order valence-electron chi connectivity index (χ0n) is 8.93. The predicted molar refractivity (Wildman–Crippen MR) is 57.4 cm³/mol. The molecule has 0 bridgehead atoms. The lowest BCUT2D eigenvalue weighted by atomic mass is 10.1. The van der Waals surface area contributed by atoms with Crippen LogP contribution >= 0.6 is 0 Å². The molecule has 0 heterocycles. The smallest absolute Gasteiger partial charge is 0.338 e. The van der Waals surface area contributed by atoms with Gasteiger partial charge in [0.05, 0.1) is 0 Å². The normalized spacial score (nSPS) is 11.8. The number of hydrogen-bond acceptors (Lipinski definition) is 3. The van der Waals surface area contributed by atoms with E-state index < -0.39 is 18.0 Å². The molecule has 0 aromatic heterocycles. The number of rotatable bonds is 6. The van der Waals surface area contributed by atoms with Crippen LogP contribution in [0.25, 0.3) is 0 Å². The Morgan fingerprint density at radius 3 is 2.41 bits per heavy atom. The number of benzene rings is 1. The number of ether oxygens (including phenoxy) is 1. The minimum atomic E-state index is -1.92. The summed E-state index contributed by atoms with van der Waals surface area (Å²) in [5.41, 5.74) is 5.42. The number of halogens is 1. The molecule has 0 saturated carbocycles. The first-order valence-electron chi connectivity index (χ1n) is 4.86. The molecular formula is C11H12FNO4. The van der Waals surface area contributed by atoms with Gasteiger partial charge in [-0.3, -0.25) is 4.79 Å². The van der Waals surface area contributed by atoms with Crippen molar-refractivity contribution in [1.82, 2.24) is 0 Å². The van der Waals surface area contributed by atoms with Crippen LogP contribution in [0.2, 0.25) is 0 Å². The lowest BCUT2D eigenvalue weighted by Gasteiger charge is -2.06. The van der Waals surface area contributed by atoms with Gasteiger partial charge in [-0.2, -0.15) is 0 Å². The van der Waals surface area contributed by atoms with Crippen LogP contribution in [0, 0.1) is 0 Å². The van der Waals surface area contributed by atoms with Crippen molar-refractivity contribution in [2.45, 2.75) is 12.6 Å². The van der Waals surface area contributed by atoms with Gasteiger partial charge in [0.1, 0.15) is 5.75 Å². The summed E-state index contributed by atoms with van der Waals surface area (Å²) in [4.78, 5) is 20.7. The second-order valence-corrected chi connectivity index (χ2v) is 3.41. The summed E-state index contributed by atoms with van der Waals surface area (Å²) in [6.07, 6.45) is -2.13. The third-order valence-corrected chi connectivity index (χ3v) is 1.99. The lowest BCUT2D eigenvalue weighted by Crippen LogP contribution is -2.20. The van der Waals surface area contributed by atoms with E-state index in [2.05, 4.69) is 0 Å². The van der Waals surface area contributed by atoms with Crippen molar-refractivity contribution in [2.75, 3.05) is 6.61 Å². The van der Waals surface area contributed by atoms with Crippen LogP contribution in [0.1, 0.15) is 5.56 Å². The van der Waals surface area contributed by atoms with Gasteiger partial charge in [0, 0.05) is 6.42 Å². The minimum Gasteiger partial charge on any atom is -0.484 e. The Hall–Kier alpha value is -2.11. The molecule has 0 aliphatic heterocycles. The molecule has 1 amide bonds. The first kappa shape index (κ1) is 13.0. The van der Waals surface area contributed by atoms with E-state index in [1.54, 1.807) is 0 Å². The fourth-order valence-electron chi connectivity index (χ4n) is 1.17. The van der Waals surface area contributed by atoms with Crippen molar-refractivity contribution in [3.8, 4) is 5.75 Å². The SMILES string of the molecule is NC(=O)COc1ccc(CC(F)C(=O)O)cc1. The second kappa shape index (κ2) is 5.83. The van der Waals surface area contributed by atoms with Crippen molar-refractivity contribution in [1.29, 1.82) is 0 Å². The Morgan fingerprint density at radius 2 is 1.94 bits per heavy atom. The summed E-state index contributed by atoms with van der Waals surface area (Å²) in [5, 5.41) is 8.39. The Morgan fingerprint density at radius 1 is 1.35 bits per heavy atom. The summed E-state index contributed by atoms with van der Waals surface area (Å²) in [6.45, 7) is -0.236. The van der Waals surface area contributed by atoms with E-state index in [1.165, 1.54) is 24.3 Å². The van der Waals surface area contributed by atoms with Gasteiger partial charge in [-0.05, 0) is 17.7 Å². The van der Waals surface area contributed by atoms with Gasteiger partial charge in [0.15, 0.2) is 6.61 Å². The lowest BCUT2D eigenvalue weighted by molar-refractivity contribution is -0.142. The number of amides is 1. The van der Waals surface area contributed by atoms with E-state index in [0.717, 1.165) is 0 Å². The van der Waals surface area contributed by atoms with Gasteiger partial charge in [-0.15, -0.1) is 0 Å². The summed E-state index contributed by atoms with van der Waals surface area (Å²) >= 11 is 0. The minimum absolute atomic E-state index is 0.203. The number of carboxylic acids is 1. The Bertz CT molecular complexity index is 404. The number of carbonyl (C=O) groups excluding carboxylic acids is 1. The van der Waals surface area contributed by atoms with Crippen molar-refractivity contribution in [3.63, 3.8) is 0 Å². The molecular weight excluding hydrogens is 229 g/mol. The second-order valence-electron chi connectivity index (χ2n) is 3.41. The molecule has 1 atom stereocenters. The third-order valence-electron chi connectivity index (χ3n) is 1.99. The largest absolute Gasteiger partial charge is 0.484 e. The molecule has 0 saturated heterocycles. The fraction of sp³-hybridized carbons (Fsp3) is 0.273. The summed E-state index contributed by atoms with van der Waals surface area (Å²) in [5.74, 6) is -1.67. The highest BCUT2D eigenvalue weighted by molar-refractivity contribution is 5.75. The van der Waals surface area contributed by atoms with Gasteiger partial charge < -0.3 is 15.6 Å². The average Bonchev–Trinajstić information content (AvgIpc) is 2.28. The van der Waals surface area contributed by atoms with Crippen LogP contribution in [0.5, 0.6) is 5.75 Å². The first-order valence-corrected chi connectivity index (χ1v) is 4.86. The molecule has 1 aromatic rings. The van der Waals surface area contributed by atoms with E-state index in [4.69, 9.17) is 15.6 Å². The maximum Gasteiger partial charge on any atom is 0.338 e. The third kappa shape index (κ3) is 4.50. The molecule has 5 nitrogen and oxygen atoms in total. The maximum absolute atomic E-state index is 12.9. The summed E-state index contributed by atoms with van der Waals surface area (Å²) in [6, 6.07) is 6.11. The molecule has 6 heteroatoms. The number of primary amides is 1. The highest BCUT2D eigenvalue weighted by Crippen LogP contribution is 2.14. The number of carboxylic acid groups (broad SMARTS) is 1. The van der Waals surface area contributed by atoms with Crippen LogP contribution in [0.4, 0.5) is 4.39 Å². The van der Waals surface area contributed by atoms with Gasteiger partial charge in [0.2, 0.25) is 6.17 Å². The fourth-order valence-corrected chi connectivity index (χ4v) is 1.17. The van der Waals surface area contributed by atoms with Crippen LogP contribution in [-0.4, -0.2) is 29.8 Å². The maximum atomic E-state index is 12.9. The number of carbonyl (C=O) groups is 2. The number of hydrogen-bond donors (Lipinski definition) is 2. The van der Waals surface area contributed by atoms with Gasteiger partial charge in [0.25, 0.3) is 5.91 Å². The molecule has 0 aliphatic carbocycles. The molecule has 1 rings (SSSR count). The highest BCUT2D eigenvalue weighted by atomic mass is 19.1. The van der Waals surface area contributed by atoms with Crippen LogP contribution in [0.15, 0.2) is 24.3 Å². The topological polar surface area (TPSA) is 89.6 Å². The van der Waals surface area contributed by atoms with E-state index in [-0.39, 0.29) is 13.0 Å². The van der Waals surface area contributed by atoms with E-state index in [9.17, 15) is 14.0 Å². The van der Waals surface area contributed by atoms with Crippen molar-refractivity contribution in [3.05, 3.63) is 29.8 Å². The molecule has 0 fully saturated rings. The molecule has 0 spiro atoms. The van der Waals surface area contributed by atoms with Crippen molar-refractivity contribution < 1.29 is 23.8 Å². The van der Waals surface area contributed by atoms with Crippen molar-refractivity contribution in [2.24, 2.45) is 5.73 Å². The number of nitrogens with two attached hydrogens (primary N) is 1. The average molecular weight is 241 g/mol. The van der Waals surface area contributed by atoms with Crippen LogP contribution in [0.3, 0.4) is 0 Å². The standard InChI is InChI=1S/C11H12FNO4/c12-9(11(15)16)5-7-1-3-8(4-2-7)17-6-10(13)14/h1-4,9H,5-6H2,(H2,13,14)(H,15,16). The van der Waals surface area contributed by atoms with Gasteiger partial charge in [-0.1, -0.05) is 12.1 Å². The monoisotopic (exact) mass is 241 g/mol. The van der Waals surface area contributed by atoms with Gasteiger partial charge >= 0.3 is 5.97 Å². The Balaban J connectivity index is 2.55. The molecule has 1 aromatic carbocycles. The molecule has 17 heavy (non-hydrogen) atoms. The predicted octanol–water partition coefficient (Wildman–Crippen LogP) is 0.516. The van der Waals surface area contributed by atoms with E-state index >= 15 is 0 Å². The first-order chi connectivity index (χ1) is 7.99. The highest BCUT2D eigenvalue weighted by Gasteiger charge is 2.15. The molecule has 3 N–H and O–H groups in total. The van der Waals surface area contributed by atoms with Crippen molar-refractivity contribution >= 4 is 11.9 Å². The van der Waals surface area contributed by atoms with Crippen LogP contribution < -0.4 is 10.5 Å². The number of aliphatic carboxylic acids is 1. The Labute approximate surface area is 97.0 Å². The van der Waals surface area contributed by atoms with Crippen LogP contribution in [-0.2, 0) is 16.0 Å². The quantitative estimate of drug-likeness (QED) is 0.759. The molecule has 0 aliphatic rings. The van der Waals surface area contributed by atoms with Gasteiger partial charge in [-0.25, -0.2) is 9.18 Å². The number of alkyl halides is 1. The summed E-state index contributed by atoms with van der Waals surface area (Å²) in [7, 11) is 0. The summed E-state index contributed by atoms with van der Waals surface area (Å²) < 4.78 is 17.9. The molecule has 92 valence electrons. The molecule has 1 unspecified atom stereocenters. The zero-order chi connectivity index (χ0) is 12.8. The Kier molecular flexibility index (Phi) is 4.45. The van der Waals surface area contributed by atoms with E-state index in [0.29, 0.717) is 11.3 Å².